The predicted octanol–water partition coefficient (Wildman–Crippen LogP) is 16.5. The molecule has 0 aromatic heterocycles. The summed E-state index contributed by atoms with van der Waals surface area (Å²) in [6, 6.07) is -0.894. The van der Waals surface area contributed by atoms with E-state index in [2.05, 4.69) is 50.4 Å². The van der Waals surface area contributed by atoms with Crippen LogP contribution in [-0.4, -0.2) is 69.4 Å². The molecule has 1 N–H and O–H groups in total. The van der Waals surface area contributed by atoms with Crippen LogP contribution in [0.4, 0.5) is 0 Å². The Morgan fingerprint density at radius 1 is 0.500 bits per heavy atom. The van der Waals surface area contributed by atoms with Crippen LogP contribution in [0, 0.1) is 0 Å². The van der Waals surface area contributed by atoms with Gasteiger partial charge in [0.1, 0.15) is 19.3 Å². The largest absolute Gasteiger partial charge is 0.756 e. The van der Waals surface area contributed by atoms with E-state index in [4.69, 9.17) is 13.8 Å². The van der Waals surface area contributed by atoms with E-state index in [1.807, 2.05) is 33.3 Å². The lowest BCUT2D eigenvalue weighted by molar-refractivity contribution is -0.870. The number of unbranched alkanes of at least 4 members (excludes halogenated alkanes) is 32. The maximum atomic E-state index is 13.5. The van der Waals surface area contributed by atoms with Crippen molar-refractivity contribution in [2.45, 2.75) is 283 Å². The van der Waals surface area contributed by atoms with Gasteiger partial charge in [0, 0.05) is 12.8 Å². The molecule has 0 radical (unpaired) electrons. The molecule has 0 saturated carbocycles. The van der Waals surface area contributed by atoms with Gasteiger partial charge < -0.3 is 28.5 Å². The van der Waals surface area contributed by atoms with Gasteiger partial charge >= 0.3 is 5.97 Å². The van der Waals surface area contributed by atoms with E-state index in [1.54, 1.807) is 0 Å². The molecule has 3 unspecified atom stereocenters. The number of rotatable bonds is 52. The number of allylic oxidation sites excluding steroid dienone is 5. The van der Waals surface area contributed by atoms with Crippen molar-refractivity contribution in [1.29, 1.82) is 0 Å². The first kappa shape index (κ1) is 66.2. The van der Waals surface area contributed by atoms with Gasteiger partial charge in [0.15, 0.2) is 0 Å². The Labute approximate surface area is 421 Å². The van der Waals surface area contributed by atoms with Gasteiger partial charge in [0.2, 0.25) is 5.91 Å². The number of nitrogens with one attached hydrogen (secondary N) is 1. The number of amides is 1. The second kappa shape index (κ2) is 48.8. The third-order valence-corrected chi connectivity index (χ3v) is 13.8. The van der Waals surface area contributed by atoms with Crippen LogP contribution in [0.15, 0.2) is 36.5 Å². The third kappa shape index (κ3) is 49.2. The maximum absolute atomic E-state index is 13.5. The number of quaternary nitrogens is 1. The Bertz CT molecular complexity index is 1270. The molecular weight excluding hydrogens is 868 g/mol. The van der Waals surface area contributed by atoms with Crippen LogP contribution in [0.3, 0.4) is 0 Å². The molecule has 0 heterocycles. The maximum Gasteiger partial charge on any atom is 0.306 e. The molecule has 0 aromatic carbocycles. The first-order valence-electron chi connectivity index (χ1n) is 28.8. The van der Waals surface area contributed by atoms with Crippen molar-refractivity contribution in [3.05, 3.63) is 36.5 Å². The fraction of sp³-hybridized carbons (Fsp3) is 0.862. The average Bonchev–Trinajstić information content (AvgIpc) is 3.29. The fourth-order valence-electron chi connectivity index (χ4n) is 8.28. The van der Waals surface area contributed by atoms with Crippen LogP contribution in [0.1, 0.15) is 271 Å². The quantitative estimate of drug-likeness (QED) is 0.0212. The second-order valence-corrected chi connectivity index (χ2v) is 22.2. The number of ether oxygens (including phenoxy) is 1. The first-order valence-corrected chi connectivity index (χ1v) is 30.3. The number of carbonyl (C=O) groups is 2. The Hall–Kier alpha value is -1.77. The Balaban J connectivity index is 5.38. The fourth-order valence-corrected chi connectivity index (χ4v) is 9.00. The second-order valence-electron chi connectivity index (χ2n) is 20.8. The summed E-state index contributed by atoms with van der Waals surface area (Å²) >= 11 is 0. The van der Waals surface area contributed by atoms with E-state index in [-0.39, 0.29) is 24.9 Å². The summed E-state index contributed by atoms with van der Waals surface area (Å²) in [4.78, 5) is 39.8. The summed E-state index contributed by atoms with van der Waals surface area (Å²) in [6.07, 6.45) is 56.7. The van der Waals surface area contributed by atoms with Gasteiger partial charge in [-0.1, -0.05) is 212 Å². The molecule has 0 aliphatic heterocycles. The van der Waals surface area contributed by atoms with Crippen molar-refractivity contribution >= 4 is 19.7 Å². The monoisotopic (exact) mass is 979 g/mol. The summed E-state index contributed by atoms with van der Waals surface area (Å²) in [6.45, 7) is 6.83. The third-order valence-electron chi connectivity index (χ3n) is 12.8. The van der Waals surface area contributed by atoms with Gasteiger partial charge in [-0.15, -0.1) is 0 Å². The normalized spacial score (nSPS) is 14.0. The Morgan fingerprint density at radius 2 is 0.853 bits per heavy atom. The van der Waals surface area contributed by atoms with Crippen molar-refractivity contribution in [2.75, 3.05) is 40.9 Å². The van der Waals surface area contributed by atoms with E-state index < -0.39 is 26.6 Å². The molecule has 68 heavy (non-hydrogen) atoms. The molecule has 0 aliphatic carbocycles. The predicted molar refractivity (Wildman–Crippen MR) is 289 cm³/mol. The molecule has 3 atom stereocenters. The smallest absolute Gasteiger partial charge is 0.306 e. The topological polar surface area (TPSA) is 114 Å². The zero-order chi connectivity index (χ0) is 50.1. The number of esters is 1. The number of phosphoric acid groups is 1. The SMILES string of the molecule is CCCCCCCCC/C=C\CCCCCC(=O)OC(/C=C/CCCCCCCCCCCC)C(COP(=O)([O-])OCC[N+](C)(C)C)NC(=O)CCCCCCC/C=C/CCCCCCCCC. The minimum Gasteiger partial charge on any atom is -0.756 e. The van der Waals surface area contributed by atoms with Crippen LogP contribution < -0.4 is 10.2 Å². The molecule has 0 aliphatic rings. The Morgan fingerprint density at radius 3 is 1.26 bits per heavy atom. The highest BCUT2D eigenvalue weighted by atomic mass is 31.2. The Kier molecular flexibility index (Phi) is 47.6. The molecular formula is C58H111N2O7P. The van der Waals surface area contributed by atoms with Crippen molar-refractivity contribution in [2.24, 2.45) is 0 Å². The van der Waals surface area contributed by atoms with Crippen LogP contribution in [0.5, 0.6) is 0 Å². The highest BCUT2D eigenvalue weighted by Gasteiger charge is 2.27. The van der Waals surface area contributed by atoms with Crippen LogP contribution >= 0.6 is 7.82 Å². The van der Waals surface area contributed by atoms with E-state index in [1.165, 1.54) is 148 Å². The van der Waals surface area contributed by atoms with E-state index in [0.717, 1.165) is 83.5 Å². The van der Waals surface area contributed by atoms with Gasteiger partial charge in [-0.2, -0.15) is 0 Å². The molecule has 0 saturated heterocycles. The molecule has 1 amide bonds. The lowest BCUT2D eigenvalue weighted by atomic mass is 10.0. The molecule has 0 aromatic rings. The summed E-state index contributed by atoms with van der Waals surface area (Å²) in [5.74, 6) is -0.563. The van der Waals surface area contributed by atoms with Gasteiger partial charge in [-0.05, 0) is 83.1 Å². The van der Waals surface area contributed by atoms with E-state index in [9.17, 15) is 19.0 Å². The number of hydrogen-bond donors (Lipinski definition) is 1. The number of likely N-dealkylation sites (N-methyl/N-ethyl adjacent to an activating group) is 1. The molecule has 0 bridgehead atoms. The molecule has 9 nitrogen and oxygen atoms in total. The lowest BCUT2D eigenvalue weighted by Gasteiger charge is -2.30. The highest BCUT2D eigenvalue weighted by Crippen LogP contribution is 2.38. The van der Waals surface area contributed by atoms with Gasteiger partial charge in [0.25, 0.3) is 7.82 Å². The summed E-state index contributed by atoms with van der Waals surface area (Å²) in [7, 11) is 1.18. The zero-order valence-corrected chi connectivity index (χ0v) is 46.5. The number of phosphoric ester groups is 1. The standard InChI is InChI=1S/C58H111N2O7P/c1-7-10-13-16-19-22-25-28-30-31-32-35-38-41-44-47-50-57(61)59-55(54-66-68(63,64)65-53-52-60(4,5)6)56(49-46-43-40-37-34-27-24-21-18-15-12-9-3)67-58(62)51-48-45-42-39-36-33-29-26-23-20-17-14-11-8-2/h30-31,33,36,46,49,55-56H,7-29,32,34-35,37-45,47-48,50-54H2,1-6H3,(H-,59,61,63,64)/b31-30+,36-33-,49-46+. The van der Waals surface area contributed by atoms with Crippen molar-refractivity contribution in [3.8, 4) is 0 Å². The lowest BCUT2D eigenvalue weighted by Crippen LogP contribution is -2.47. The van der Waals surface area contributed by atoms with Crippen molar-refractivity contribution in [3.63, 3.8) is 0 Å². The van der Waals surface area contributed by atoms with Crippen molar-refractivity contribution < 1.29 is 37.3 Å². The van der Waals surface area contributed by atoms with E-state index in [0.29, 0.717) is 23.9 Å². The van der Waals surface area contributed by atoms with Gasteiger partial charge in [0.05, 0.1) is 33.8 Å². The zero-order valence-electron chi connectivity index (χ0n) is 45.6. The van der Waals surface area contributed by atoms with Gasteiger partial charge in [-0.25, -0.2) is 0 Å². The van der Waals surface area contributed by atoms with Crippen LogP contribution in [0.2, 0.25) is 0 Å². The summed E-state index contributed by atoms with van der Waals surface area (Å²) in [5.41, 5.74) is 0. The molecule has 0 rings (SSSR count). The van der Waals surface area contributed by atoms with Crippen LogP contribution in [0.25, 0.3) is 0 Å². The number of carbonyl (C=O) groups excluding carboxylic acids is 2. The van der Waals surface area contributed by atoms with Crippen molar-refractivity contribution in [1.82, 2.24) is 5.32 Å². The summed E-state index contributed by atoms with van der Waals surface area (Å²) in [5, 5.41) is 3.01. The molecule has 0 fully saturated rings. The minimum atomic E-state index is -4.69. The highest BCUT2D eigenvalue weighted by molar-refractivity contribution is 7.45. The number of nitrogens with zero attached hydrogens (tertiary/aromatic N) is 1. The molecule has 400 valence electrons. The van der Waals surface area contributed by atoms with Gasteiger partial charge in [-0.3, -0.25) is 14.2 Å². The minimum absolute atomic E-state index is 0.0248. The molecule has 0 spiro atoms. The number of hydrogen-bond acceptors (Lipinski definition) is 7. The van der Waals surface area contributed by atoms with Crippen LogP contribution in [-0.2, 0) is 27.9 Å². The van der Waals surface area contributed by atoms with E-state index >= 15 is 0 Å². The molecule has 10 heteroatoms. The summed E-state index contributed by atoms with van der Waals surface area (Å²) < 4.78 is 30.2. The first-order chi connectivity index (χ1) is 32.9. The average molecular weight is 980 g/mol.